The molecule has 1 heterocycles. The lowest BCUT2D eigenvalue weighted by atomic mass is 10.0. The van der Waals surface area contributed by atoms with Crippen molar-refractivity contribution >= 4 is 0 Å². The van der Waals surface area contributed by atoms with Crippen molar-refractivity contribution in [2.24, 2.45) is 0 Å². The number of H-pyrrole nitrogens is 2. The SMILES string of the molecule is Cc1ccc(-c2c[nH][nH]c2=O)c(C)c1. The van der Waals surface area contributed by atoms with Crippen LogP contribution in [0.25, 0.3) is 11.1 Å². The Hall–Kier alpha value is -1.77. The van der Waals surface area contributed by atoms with Crippen LogP contribution in [0.3, 0.4) is 0 Å². The summed E-state index contributed by atoms with van der Waals surface area (Å²) in [7, 11) is 0. The van der Waals surface area contributed by atoms with Gasteiger partial charge in [0.05, 0.1) is 5.56 Å². The Labute approximate surface area is 81.8 Å². The van der Waals surface area contributed by atoms with Crippen LogP contribution < -0.4 is 5.56 Å². The number of aryl methyl sites for hydroxylation is 2. The number of benzene rings is 1. The van der Waals surface area contributed by atoms with Gasteiger partial charge in [-0.05, 0) is 25.0 Å². The van der Waals surface area contributed by atoms with Crippen molar-refractivity contribution in [1.82, 2.24) is 10.2 Å². The molecular formula is C11H12N2O. The molecule has 1 aromatic heterocycles. The van der Waals surface area contributed by atoms with Crippen LogP contribution in [0.4, 0.5) is 0 Å². The van der Waals surface area contributed by atoms with E-state index in [4.69, 9.17) is 0 Å². The van der Waals surface area contributed by atoms with E-state index in [1.165, 1.54) is 5.56 Å². The van der Waals surface area contributed by atoms with Crippen molar-refractivity contribution in [3.8, 4) is 11.1 Å². The summed E-state index contributed by atoms with van der Waals surface area (Å²) in [5, 5.41) is 5.23. The molecule has 2 rings (SSSR count). The molecule has 0 spiro atoms. The maximum absolute atomic E-state index is 11.4. The number of rotatable bonds is 1. The minimum absolute atomic E-state index is 0.0723. The Balaban J connectivity index is 2.63. The van der Waals surface area contributed by atoms with E-state index in [0.717, 1.165) is 11.1 Å². The molecule has 2 aromatic rings. The summed E-state index contributed by atoms with van der Waals surface area (Å²) in [5.74, 6) is 0. The number of nitrogens with one attached hydrogen (secondary N) is 2. The van der Waals surface area contributed by atoms with Gasteiger partial charge in [-0.25, -0.2) is 0 Å². The van der Waals surface area contributed by atoms with E-state index in [-0.39, 0.29) is 5.56 Å². The molecule has 0 aliphatic heterocycles. The zero-order valence-corrected chi connectivity index (χ0v) is 8.22. The van der Waals surface area contributed by atoms with Gasteiger partial charge in [0.2, 0.25) is 0 Å². The van der Waals surface area contributed by atoms with Gasteiger partial charge >= 0.3 is 0 Å². The fourth-order valence-electron chi connectivity index (χ4n) is 1.62. The number of hydrogen-bond donors (Lipinski definition) is 2. The van der Waals surface area contributed by atoms with Crippen molar-refractivity contribution in [2.45, 2.75) is 13.8 Å². The first kappa shape index (κ1) is 8.81. The number of hydrogen-bond acceptors (Lipinski definition) is 1. The van der Waals surface area contributed by atoms with Crippen LogP contribution in [0.1, 0.15) is 11.1 Å². The highest BCUT2D eigenvalue weighted by Gasteiger charge is 2.06. The summed E-state index contributed by atoms with van der Waals surface area (Å²) in [6.07, 6.45) is 1.69. The standard InChI is InChI=1S/C11H12N2O/c1-7-3-4-9(8(2)5-7)10-6-12-13-11(10)14/h3-6H,1-2H3,(H2,12,13,14). The average Bonchev–Trinajstić information content (AvgIpc) is 2.52. The first-order valence-corrected chi connectivity index (χ1v) is 4.52. The summed E-state index contributed by atoms with van der Waals surface area (Å²) >= 11 is 0. The molecule has 0 aliphatic rings. The Kier molecular flexibility index (Phi) is 2.00. The van der Waals surface area contributed by atoms with Gasteiger partial charge in [-0.2, -0.15) is 0 Å². The normalized spacial score (nSPS) is 10.4. The third-order valence-electron chi connectivity index (χ3n) is 2.32. The zero-order chi connectivity index (χ0) is 10.1. The van der Waals surface area contributed by atoms with Crippen molar-refractivity contribution in [3.05, 3.63) is 45.9 Å². The zero-order valence-electron chi connectivity index (χ0n) is 8.22. The predicted octanol–water partition coefficient (Wildman–Crippen LogP) is 1.99. The summed E-state index contributed by atoms with van der Waals surface area (Å²) in [5.41, 5.74) is 3.94. The van der Waals surface area contributed by atoms with Gasteiger partial charge in [-0.3, -0.25) is 9.89 Å². The quantitative estimate of drug-likeness (QED) is 0.706. The van der Waals surface area contributed by atoms with Gasteiger partial charge in [-0.1, -0.05) is 23.8 Å². The third kappa shape index (κ3) is 1.37. The summed E-state index contributed by atoms with van der Waals surface area (Å²) in [6.45, 7) is 4.05. The highest BCUT2D eigenvalue weighted by Crippen LogP contribution is 2.20. The lowest BCUT2D eigenvalue weighted by Gasteiger charge is -2.02. The van der Waals surface area contributed by atoms with Crippen LogP contribution in [0, 0.1) is 13.8 Å². The highest BCUT2D eigenvalue weighted by molar-refractivity contribution is 5.65. The van der Waals surface area contributed by atoms with E-state index in [9.17, 15) is 4.79 Å². The molecule has 14 heavy (non-hydrogen) atoms. The second kappa shape index (κ2) is 3.18. The molecule has 0 saturated heterocycles. The fourth-order valence-corrected chi connectivity index (χ4v) is 1.62. The Morgan fingerprint density at radius 3 is 2.50 bits per heavy atom. The molecule has 2 N–H and O–H groups in total. The van der Waals surface area contributed by atoms with E-state index < -0.39 is 0 Å². The van der Waals surface area contributed by atoms with E-state index >= 15 is 0 Å². The van der Waals surface area contributed by atoms with E-state index in [1.807, 2.05) is 26.0 Å². The second-order valence-electron chi connectivity index (χ2n) is 3.47. The van der Waals surface area contributed by atoms with Gasteiger partial charge < -0.3 is 5.10 Å². The molecule has 0 aliphatic carbocycles. The summed E-state index contributed by atoms with van der Waals surface area (Å²) < 4.78 is 0. The van der Waals surface area contributed by atoms with Crippen molar-refractivity contribution in [3.63, 3.8) is 0 Å². The number of aromatic amines is 2. The number of aromatic nitrogens is 2. The Morgan fingerprint density at radius 2 is 1.93 bits per heavy atom. The Bertz CT molecular complexity index is 508. The molecule has 0 bridgehead atoms. The molecule has 0 atom stereocenters. The lowest BCUT2D eigenvalue weighted by Crippen LogP contribution is -2.02. The van der Waals surface area contributed by atoms with Gasteiger partial charge in [-0.15, -0.1) is 0 Å². The largest absolute Gasteiger partial charge is 0.305 e. The smallest absolute Gasteiger partial charge is 0.271 e. The Morgan fingerprint density at radius 1 is 1.14 bits per heavy atom. The first-order chi connectivity index (χ1) is 6.68. The van der Waals surface area contributed by atoms with Crippen LogP contribution in [0.15, 0.2) is 29.2 Å². The molecule has 0 unspecified atom stereocenters. The first-order valence-electron chi connectivity index (χ1n) is 4.52. The molecule has 0 saturated carbocycles. The van der Waals surface area contributed by atoms with Crippen LogP contribution in [-0.2, 0) is 0 Å². The third-order valence-corrected chi connectivity index (χ3v) is 2.32. The topological polar surface area (TPSA) is 48.6 Å². The van der Waals surface area contributed by atoms with Crippen molar-refractivity contribution in [2.75, 3.05) is 0 Å². The maximum Gasteiger partial charge on any atom is 0.271 e. The van der Waals surface area contributed by atoms with Crippen LogP contribution >= 0.6 is 0 Å². The highest BCUT2D eigenvalue weighted by atomic mass is 16.1. The monoisotopic (exact) mass is 188 g/mol. The maximum atomic E-state index is 11.4. The molecule has 3 nitrogen and oxygen atoms in total. The molecule has 1 aromatic carbocycles. The van der Waals surface area contributed by atoms with Gasteiger partial charge in [0.25, 0.3) is 5.56 Å². The second-order valence-corrected chi connectivity index (χ2v) is 3.47. The predicted molar refractivity (Wildman–Crippen MR) is 56.3 cm³/mol. The van der Waals surface area contributed by atoms with Crippen molar-refractivity contribution < 1.29 is 0 Å². The van der Waals surface area contributed by atoms with Crippen molar-refractivity contribution in [1.29, 1.82) is 0 Å². The molecule has 0 amide bonds. The van der Waals surface area contributed by atoms with E-state index in [0.29, 0.717) is 5.56 Å². The molecule has 3 heteroatoms. The van der Waals surface area contributed by atoms with Crippen LogP contribution in [-0.4, -0.2) is 10.2 Å². The average molecular weight is 188 g/mol. The van der Waals surface area contributed by atoms with E-state index in [2.05, 4.69) is 16.3 Å². The minimum atomic E-state index is -0.0723. The van der Waals surface area contributed by atoms with Gasteiger partial charge in [0, 0.05) is 6.20 Å². The fraction of sp³-hybridized carbons (Fsp3) is 0.182. The molecular weight excluding hydrogens is 176 g/mol. The van der Waals surface area contributed by atoms with Gasteiger partial charge in [0.1, 0.15) is 0 Å². The minimum Gasteiger partial charge on any atom is -0.305 e. The van der Waals surface area contributed by atoms with E-state index in [1.54, 1.807) is 6.20 Å². The summed E-state index contributed by atoms with van der Waals surface area (Å²) in [4.78, 5) is 11.4. The van der Waals surface area contributed by atoms with Gasteiger partial charge in [0.15, 0.2) is 0 Å². The molecule has 72 valence electrons. The van der Waals surface area contributed by atoms with Crippen LogP contribution in [0.2, 0.25) is 0 Å². The molecule has 0 radical (unpaired) electrons. The lowest BCUT2D eigenvalue weighted by molar-refractivity contribution is 1.06. The summed E-state index contributed by atoms with van der Waals surface area (Å²) in [6, 6.07) is 6.06. The van der Waals surface area contributed by atoms with Crippen LogP contribution in [0.5, 0.6) is 0 Å². The molecule has 0 fully saturated rings.